The van der Waals surface area contributed by atoms with Crippen LogP contribution >= 0.6 is 23.4 Å². The SMILES string of the molecule is N#Cc1ccc(-c2ccc(F)c(Cl)c2)nc1NCCSc1nc2ccccc2[nH]1. The second kappa shape index (κ2) is 8.52. The van der Waals surface area contributed by atoms with Crippen molar-refractivity contribution in [2.24, 2.45) is 0 Å². The van der Waals surface area contributed by atoms with Crippen LogP contribution in [0.25, 0.3) is 22.3 Å². The summed E-state index contributed by atoms with van der Waals surface area (Å²) in [5, 5.41) is 13.4. The van der Waals surface area contributed by atoms with E-state index >= 15 is 0 Å². The van der Waals surface area contributed by atoms with Crippen LogP contribution in [0.15, 0.2) is 59.8 Å². The molecule has 0 saturated heterocycles. The van der Waals surface area contributed by atoms with Gasteiger partial charge in [0, 0.05) is 17.9 Å². The zero-order valence-corrected chi connectivity index (χ0v) is 16.7. The zero-order valence-electron chi connectivity index (χ0n) is 15.1. The van der Waals surface area contributed by atoms with Crippen molar-refractivity contribution >= 4 is 40.2 Å². The first-order chi connectivity index (χ1) is 14.1. The third-order valence-corrected chi connectivity index (χ3v) is 5.40. The Bertz CT molecular complexity index is 1180. The summed E-state index contributed by atoms with van der Waals surface area (Å²) in [4.78, 5) is 12.3. The van der Waals surface area contributed by atoms with E-state index in [1.54, 1.807) is 30.0 Å². The summed E-state index contributed by atoms with van der Waals surface area (Å²) in [5.41, 5.74) is 3.67. The fourth-order valence-corrected chi connectivity index (χ4v) is 3.74. The molecule has 4 rings (SSSR count). The number of benzene rings is 2. The largest absolute Gasteiger partial charge is 0.368 e. The third kappa shape index (κ3) is 4.34. The van der Waals surface area contributed by atoms with E-state index < -0.39 is 5.82 Å². The standard InChI is InChI=1S/C21H15ClFN5S/c22-15-11-13(5-7-16(15)23)17-8-6-14(12-24)20(26-17)25-9-10-29-21-27-18-3-1-2-4-19(18)28-21/h1-8,11H,9-10H2,(H,25,26)(H,27,28). The molecule has 0 aliphatic rings. The molecule has 0 unspecified atom stereocenters. The summed E-state index contributed by atoms with van der Waals surface area (Å²) < 4.78 is 13.4. The van der Waals surface area contributed by atoms with Gasteiger partial charge in [0.05, 0.1) is 27.3 Å². The normalized spacial score (nSPS) is 10.8. The molecule has 2 aromatic carbocycles. The van der Waals surface area contributed by atoms with E-state index in [4.69, 9.17) is 11.6 Å². The van der Waals surface area contributed by atoms with Crippen molar-refractivity contribution < 1.29 is 4.39 Å². The van der Waals surface area contributed by atoms with E-state index in [9.17, 15) is 9.65 Å². The summed E-state index contributed by atoms with van der Waals surface area (Å²) in [6.45, 7) is 0.594. The molecule has 29 heavy (non-hydrogen) atoms. The van der Waals surface area contributed by atoms with Gasteiger partial charge in [0.15, 0.2) is 5.16 Å². The Balaban J connectivity index is 1.44. The molecule has 5 nitrogen and oxygen atoms in total. The molecule has 0 radical (unpaired) electrons. The number of rotatable bonds is 6. The fraction of sp³-hybridized carbons (Fsp3) is 0.0952. The van der Waals surface area contributed by atoms with Gasteiger partial charge in [-0.1, -0.05) is 35.5 Å². The number of anilines is 1. The first-order valence-electron chi connectivity index (χ1n) is 8.82. The highest BCUT2D eigenvalue weighted by molar-refractivity contribution is 7.99. The summed E-state index contributed by atoms with van der Waals surface area (Å²) in [7, 11) is 0. The van der Waals surface area contributed by atoms with Crippen molar-refractivity contribution in [2.75, 3.05) is 17.6 Å². The van der Waals surface area contributed by atoms with E-state index in [0.717, 1.165) is 21.9 Å². The molecule has 8 heteroatoms. The second-order valence-electron chi connectivity index (χ2n) is 6.17. The smallest absolute Gasteiger partial charge is 0.166 e. The van der Waals surface area contributed by atoms with E-state index in [2.05, 4.69) is 26.3 Å². The zero-order chi connectivity index (χ0) is 20.2. The van der Waals surface area contributed by atoms with Crippen molar-refractivity contribution in [3.8, 4) is 17.3 Å². The van der Waals surface area contributed by atoms with Crippen LogP contribution in [0.2, 0.25) is 5.02 Å². The highest BCUT2D eigenvalue weighted by Gasteiger charge is 2.09. The summed E-state index contributed by atoms with van der Waals surface area (Å²) in [6, 6.07) is 17.8. The molecule has 0 aliphatic heterocycles. The highest BCUT2D eigenvalue weighted by atomic mass is 35.5. The summed E-state index contributed by atoms with van der Waals surface area (Å²) in [5.74, 6) is 0.736. The molecular weight excluding hydrogens is 409 g/mol. The number of H-pyrrole nitrogens is 1. The minimum Gasteiger partial charge on any atom is -0.368 e. The number of nitrogens with zero attached hydrogens (tertiary/aromatic N) is 3. The molecular formula is C21H15ClFN5S. The van der Waals surface area contributed by atoms with Crippen molar-refractivity contribution in [3.63, 3.8) is 0 Å². The Morgan fingerprint density at radius 3 is 2.79 bits per heavy atom. The second-order valence-corrected chi connectivity index (χ2v) is 7.66. The molecule has 2 heterocycles. The highest BCUT2D eigenvalue weighted by Crippen LogP contribution is 2.26. The molecule has 0 atom stereocenters. The van der Waals surface area contributed by atoms with Gasteiger partial charge in [-0.05, 0) is 42.5 Å². The van der Waals surface area contributed by atoms with E-state index in [-0.39, 0.29) is 5.02 Å². The van der Waals surface area contributed by atoms with Gasteiger partial charge in [0.2, 0.25) is 0 Å². The van der Waals surface area contributed by atoms with Gasteiger partial charge in [-0.15, -0.1) is 0 Å². The Hall–Kier alpha value is -3.08. The predicted octanol–water partition coefficient (Wildman–Crippen LogP) is 5.49. The van der Waals surface area contributed by atoms with Crippen LogP contribution < -0.4 is 5.32 Å². The number of imidazole rings is 1. The maximum Gasteiger partial charge on any atom is 0.166 e. The number of halogens is 2. The first kappa shape index (κ1) is 19.2. The number of para-hydroxylation sites is 2. The number of nitriles is 1. The maximum atomic E-state index is 13.4. The van der Waals surface area contributed by atoms with Crippen LogP contribution in [-0.2, 0) is 0 Å². The molecule has 0 amide bonds. The number of thioether (sulfide) groups is 1. The molecule has 2 aromatic heterocycles. The quantitative estimate of drug-likeness (QED) is 0.316. The van der Waals surface area contributed by atoms with Gasteiger partial charge < -0.3 is 10.3 Å². The van der Waals surface area contributed by atoms with Gasteiger partial charge >= 0.3 is 0 Å². The average Bonchev–Trinajstić information content (AvgIpc) is 3.16. The van der Waals surface area contributed by atoms with Crippen LogP contribution in [0.5, 0.6) is 0 Å². The van der Waals surface area contributed by atoms with E-state index in [1.807, 2.05) is 24.3 Å². The Morgan fingerprint density at radius 2 is 2.00 bits per heavy atom. The minimum absolute atomic E-state index is 0.0328. The van der Waals surface area contributed by atoms with Crippen LogP contribution in [0, 0.1) is 17.1 Å². The molecule has 0 spiro atoms. The number of hydrogen-bond donors (Lipinski definition) is 2. The first-order valence-corrected chi connectivity index (χ1v) is 10.2. The lowest BCUT2D eigenvalue weighted by Crippen LogP contribution is -2.08. The maximum absolute atomic E-state index is 13.4. The van der Waals surface area contributed by atoms with Crippen LogP contribution in [-0.4, -0.2) is 27.2 Å². The molecule has 0 fully saturated rings. The van der Waals surface area contributed by atoms with Crippen molar-refractivity contribution in [3.05, 3.63) is 71.0 Å². The number of pyridine rings is 1. The molecule has 2 N–H and O–H groups in total. The van der Waals surface area contributed by atoms with Gasteiger partial charge in [-0.2, -0.15) is 5.26 Å². The number of aromatic amines is 1. The van der Waals surface area contributed by atoms with Gasteiger partial charge in [0.25, 0.3) is 0 Å². The minimum atomic E-state index is -0.481. The van der Waals surface area contributed by atoms with Crippen LogP contribution in [0.3, 0.4) is 0 Å². The van der Waals surface area contributed by atoms with Crippen molar-refractivity contribution in [2.45, 2.75) is 5.16 Å². The number of nitrogens with one attached hydrogen (secondary N) is 2. The van der Waals surface area contributed by atoms with E-state index in [1.165, 1.54) is 12.1 Å². The Morgan fingerprint density at radius 1 is 1.14 bits per heavy atom. The van der Waals surface area contributed by atoms with E-state index in [0.29, 0.717) is 29.2 Å². The molecule has 4 aromatic rings. The molecule has 144 valence electrons. The number of fused-ring (bicyclic) bond motifs is 1. The lowest BCUT2D eigenvalue weighted by molar-refractivity contribution is 0.628. The molecule has 0 bridgehead atoms. The van der Waals surface area contributed by atoms with Gasteiger partial charge in [-0.25, -0.2) is 14.4 Å². The Labute approximate surface area is 176 Å². The molecule has 0 saturated carbocycles. The summed E-state index contributed by atoms with van der Waals surface area (Å²) >= 11 is 7.45. The number of hydrogen-bond acceptors (Lipinski definition) is 5. The fourth-order valence-electron chi connectivity index (χ4n) is 2.82. The topological polar surface area (TPSA) is 77.4 Å². The third-order valence-electron chi connectivity index (χ3n) is 4.23. The lowest BCUT2D eigenvalue weighted by atomic mass is 10.1. The van der Waals surface area contributed by atoms with Crippen LogP contribution in [0.1, 0.15) is 5.56 Å². The monoisotopic (exact) mass is 423 g/mol. The average molecular weight is 424 g/mol. The lowest BCUT2D eigenvalue weighted by Gasteiger charge is -2.09. The number of aromatic nitrogens is 3. The molecule has 0 aliphatic carbocycles. The summed E-state index contributed by atoms with van der Waals surface area (Å²) in [6.07, 6.45) is 0. The van der Waals surface area contributed by atoms with Crippen LogP contribution in [0.4, 0.5) is 10.2 Å². The Kier molecular flexibility index (Phi) is 5.65. The van der Waals surface area contributed by atoms with Gasteiger partial charge in [0.1, 0.15) is 17.7 Å². The predicted molar refractivity (Wildman–Crippen MR) is 115 cm³/mol. The van der Waals surface area contributed by atoms with Crippen molar-refractivity contribution in [1.29, 1.82) is 5.26 Å². The van der Waals surface area contributed by atoms with Gasteiger partial charge in [-0.3, -0.25) is 0 Å². The van der Waals surface area contributed by atoms with Crippen molar-refractivity contribution in [1.82, 2.24) is 15.0 Å².